The van der Waals surface area contributed by atoms with Crippen LogP contribution in [0, 0.1) is 0 Å². The van der Waals surface area contributed by atoms with Crippen LogP contribution in [0.2, 0.25) is 0 Å². The molecule has 0 amide bonds. The van der Waals surface area contributed by atoms with Gasteiger partial charge in [-0.05, 0) is 53.0 Å². The molecule has 4 nitrogen and oxygen atoms in total. The van der Waals surface area contributed by atoms with Gasteiger partial charge in [0.2, 0.25) is 0 Å². The lowest BCUT2D eigenvalue weighted by Crippen LogP contribution is -2.29. The average Bonchev–Trinajstić information content (AvgIpc) is 2.93. The van der Waals surface area contributed by atoms with Crippen LogP contribution in [0.4, 0.5) is 26.3 Å². The van der Waals surface area contributed by atoms with E-state index in [1.54, 1.807) is 54.6 Å². The van der Waals surface area contributed by atoms with Crippen LogP contribution in [0.25, 0.3) is 11.1 Å². The highest BCUT2D eigenvalue weighted by Gasteiger charge is 2.32. The Hall–Kier alpha value is -3.74. The number of benzene rings is 4. The quantitative estimate of drug-likeness (QED) is 0.148. The molecule has 40 heavy (non-hydrogen) atoms. The van der Waals surface area contributed by atoms with E-state index in [4.69, 9.17) is 10.0 Å². The van der Waals surface area contributed by atoms with E-state index in [2.05, 4.69) is 15.9 Å². The summed E-state index contributed by atoms with van der Waals surface area (Å²) >= 11 is 2.89. The standard InChI is InChI=1S/C14H9F3O.C8H4BrF3O.C6H7BO2/c15-14(16,17)13-7-10(9-18)6-12(8-13)11-4-2-1-3-5-11;9-7-2-5(4-13)1-6(3-7)8(10,11)12;8-7(9)6-4-2-1-3-5-6/h1-9H;1-4H;1-5,8-9H. The van der Waals surface area contributed by atoms with Gasteiger partial charge in [0.15, 0.2) is 0 Å². The second-order valence-corrected chi connectivity index (χ2v) is 8.91. The van der Waals surface area contributed by atoms with Crippen molar-refractivity contribution in [1.29, 1.82) is 0 Å². The van der Waals surface area contributed by atoms with Crippen LogP contribution in [-0.4, -0.2) is 29.7 Å². The van der Waals surface area contributed by atoms with Crippen molar-refractivity contribution in [3.8, 4) is 11.1 Å². The highest BCUT2D eigenvalue weighted by molar-refractivity contribution is 9.10. The maximum Gasteiger partial charge on any atom is 0.488 e. The van der Waals surface area contributed by atoms with E-state index in [1.807, 2.05) is 6.07 Å². The lowest BCUT2D eigenvalue weighted by atomic mass is 9.81. The zero-order valence-electron chi connectivity index (χ0n) is 20.3. The summed E-state index contributed by atoms with van der Waals surface area (Å²) in [5.74, 6) is 0. The molecule has 4 aromatic carbocycles. The molecule has 0 radical (unpaired) electrons. The molecule has 0 spiro atoms. The first-order chi connectivity index (χ1) is 18.7. The second kappa shape index (κ2) is 14.6. The topological polar surface area (TPSA) is 74.6 Å². The van der Waals surface area contributed by atoms with E-state index >= 15 is 0 Å². The molecule has 0 fully saturated rings. The summed E-state index contributed by atoms with van der Waals surface area (Å²) in [5, 5.41) is 17.2. The Bertz CT molecular complexity index is 1400. The van der Waals surface area contributed by atoms with Crippen LogP contribution in [-0.2, 0) is 12.4 Å². The molecule has 0 aliphatic heterocycles. The van der Waals surface area contributed by atoms with Crippen molar-refractivity contribution in [1.82, 2.24) is 0 Å². The fourth-order valence-corrected chi connectivity index (χ4v) is 3.66. The van der Waals surface area contributed by atoms with E-state index in [1.165, 1.54) is 12.1 Å². The predicted molar refractivity (Wildman–Crippen MR) is 143 cm³/mol. The van der Waals surface area contributed by atoms with E-state index in [0.717, 1.165) is 24.3 Å². The van der Waals surface area contributed by atoms with Gasteiger partial charge in [-0.25, -0.2) is 0 Å². The number of carbonyl (C=O) groups is 2. The minimum Gasteiger partial charge on any atom is -0.423 e. The molecule has 0 aliphatic carbocycles. The van der Waals surface area contributed by atoms with E-state index in [0.29, 0.717) is 29.2 Å². The lowest BCUT2D eigenvalue weighted by molar-refractivity contribution is -0.138. The van der Waals surface area contributed by atoms with Crippen molar-refractivity contribution in [2.24, 2.45) is 0 Å². The number of alkyl halides is 6. The molecule has 0 unspecified atom stereocenters. The van der Waals surface area contributed by atoms with Gasteiger partial charge in [-0.15, -0.1) is 0 Å². The highest BCUT2D eigenvalue weighted by atomic mass is 79.9. The van der Waals surface area contributed by atoms with Crippen LogP contribution < -0.4 is 5.46 Å². The van der Waals surface area contributed by atoms with E-state index < -0.39 is 30.6 Å². The molecule has 0 saturated heterocycles. The zero-order valence-corrected chi connectivity index (χ0v) is 21.9. The zero-order chi connectivity index (χ0) is 29.9. The third-order valence-corrected chi connectivity index (χ3v) is 5.46. The van der Waals surface area contributed by atoms with Crippen LogP contribution in [0.1, 0.15) is 31.8 Å². The Labute approximate surface area is 234 Å². The van der Waals surface area contributed by atoms with Gasteiger partial charge in [-0.1, -0.05) is 76.6 Å². The Morgan fingerprint density at radius 2 is 1.05 bits per heavy atom. The molecule has 2 N–H and O–H groups in total. The van der Waals surface area contributed by atoms with Crippen molar-refractivity contribution in [2.75, 3.05) is 0 Å². The van der Waals surface area contributed by atoms with Gasteiger partial charge in [0, 0.05) is 15.6 Å². The van der Waals surface area contributed by atoms with Gasteiger partial charge in [0.05, 0.1) is 11.1 Å². The smallest absolute Gasteiger partial charge is 0.423 e. The average molecular weight is 625 g/mol. The van der Waals surface area contributed by atoms with Crippen molar-refractivity contribution in [2.45, 2.75) is 12.4 Å². The van der Waals surface area contributed by atoms with Gasteiger partial charge in [-0.2, -0.15) is 26.3 Å². The summed E-state index contributed by atoms with van der Waals surface area (Å²) in [5.41, 5.74) is -0.0722. The number of halogens is 7. The van der Waals surface area contributed by atoms with Gasteiger partial charge < -0.3 is 10.0 Å². The Balaban J connectivity index is 0.000000224. The molecule has 0 aliphatic rings. The van der Waals surface area contributed by atoms with E-state index in [9.17, 15) is 35.9 Å². The first-order valence-corrected chi connectivity index (χ1v) is 12.0. The summed E-state index contributed by atoms with van der Waals surface area (Å²) in [6, 6.07) is 23.7. The maximum atomic E-state index is 12.7. The maximum absolute atomic E-state index is 12.7. The number of hydrogen-bond donors (Lipinski definition) is 2. The normalized spacial score (nSPS) is 10.8. The molecule has 0 heterocycles. The molecule has 12 heteroatoms. The molecule has 0 saturated carbocycles. The minimum absolute atomic E-state index is 0.00157. The molecule has 0 bridgehead atoms. The highest BCUT2D eigenvalue weighted by Crippen LogP contribution is 2.33. The summed E-state index contributed by atoms with van der Waals surface area (Å²) in [6.07, 6.45) is -8.08. The van der Waals surface area contributed by atoms with Crippen LogP contribution in [0.15, 0.2) is 102 Å². The summed E-state index contributed by atoms with van der Waals surface area (Å²) < 4.78 is 74.7. The Morgan fingerprint density at radius 1 is 0.600 bits per heavy atom. The van der Waals surface area contributed by atoms with Crippen molar-refractivity contribution < 1.29 is 46.0 Å². The lowest BCUT2D eigenvalue weighted by Gasteiger charge is -2.10. The third kappa shape index (κ3) is 10.4. The fraction of sp³-hybridized carbons (Fsp3) is 0.0714. The largest absolute Gasteiger partial charge is 0.488 e. The second-order valence-electron chi connectivity index (χ2n) is 8.00. The monoisotopic (exact) mass is 624 g/mol. The van der Waals surface area contributed by atoms with Crippen LogP contribution in [0.5, 0.6) is 0 Å². The molecule has 4 aromatic rings. The summed E-state index contributed by atoms with van der Waals surface area (Å²) in [4.78, 5) is 21.0. The Morgan fingerprint density at radius 3 is 1.48 bits per heavy atom. The van der Waals surface area contributed by atoms with Crippen molar-refractivity contribution in [3.05, 3.63) is 124 Å². The molecule has 0 atom stereocenters. The van der Waals surface area contributed by atoms with Crippen molar-refractivity contribution in [3.63, 3.8) is 0 Å². The van der Waals surface area contributed by atoms with Gasteiger partial charge in [0.25, 0.3) is 0 Å². The van der Waals surface area contributed by atoms with Gasteiger partial charge in [0.1, 0.15) is 12.6 Å². The number of aldehydes is 2. The Kier molecular flexibility index (Phi) is 11.8. The first-order valence-electron chi connectivity index (χ1n) is 11.2. The number of hydrogen-bond acceptors (Lipinski definition) is 4. The number of carbonyl (C=O) groups excluding carboxylic acids is 2. The van der Waals surface area contributed by atoms with Crippen molar-refractivity contribution >= 4 is 41.1 Å². The molecule has 208 valence electrons. The van der Waals surface area contributed by atoms with Crippen LogP contribution in [0.3, 0.4) is 0 Å². The predicted octanol–water partition coefficient (Wildman–Crippen LogP) is 6.83. The number of rotatable bonds is 4. The fourth-order valence-electron chi connectivity index (χ4n) is 3.15. The molecular weight excluding hydrogens is 605 g/mol. The first kappa shape index (κ1) is 32.5. The van der Waals surface area contributed by atoms with Gasteiger partial charge >= 0.3 is 19.5 Å². The molecule has 4 rings (SSSR count). The minimum atomic E-state index is -4.46. The van der Waals surface area contributed by atoms with E-state index in [-0.39, 0.29) is 15.6 Å². The summed E-state index contributed by atoms with van der Waals surface area (Å²) in [7, 11) is -1.34. The molecular formula is C28H20BBrF6O4. The molecule has 0 aromatic heterocycles. The van der Waals surface area contributed by atoms with Gasteiger partial charge in [-0.3, -0.25) is 9.59 Å². The van der Waals surface area contributed by atoms with Crippen LogP contribution >= 0.6 is 15.9 Å². The SMILES string of the molecule is O=Cc1cc(-c2ccccc2)cc(C(F)(F)F)c1.O=Cc1cc(Br)cc(C(F)(F)F)c1.OB(O)c1ccccc1. The third-order valence-electron chi connectivity index (χ3n) is 5.01. The summed E-state index contributed by atoms with van der Waals surface area (Å²) in [6.45, 7) is 0.